The second kappa shape index (κ2) is 5.62. The molecule has 1 aromatic carbocycles. The molecule has 0 spiro atoms. The van der Waals surface area contributed by atoms with Gasteiger partial charge in [0.1, 0.15) is 5.03 Å². The average Bonchev–Trinajstić information content (AvgIpc) is 2.34. The first-order valence-corrected chi connectivity index (χ1v) is 6.48. The van der Waals surface area contributed by atoms with Crippen LogP contribution in [-0.2, 0) is 6.61 Å². The Balaban J connectivity index is 2.19. The van der Waals surface area contributed by atoms with Gasteiger partial charge in [-0.2, -0.15) is 0 Å². The lowest BCUT2D eigenvalue weighted by Gasteiger charge is -2.03. The third-order valence-electron chi connectivity index (χ3n) is 2.09. The van der Waals surface area contributed by atoms with Crippen LogP contribution in [0.3, 0.4) is 0 Å². The van der Waals surface area contributed by atoms with Crippen LogP contribution in [-0.4, -0.2) is 10.1 Å². The smallest absolute Gasteiger partial charge is 0.156 e. The van der Waals surface area contributed by atoms with Gasteiger partial charge in [-0.1, -0.05) is 23.9 Å². The van der Waals surface area contributed by atoms with Crippen LogP contribution in [0.15, 0.2) is 50.9 Å². The molecule has 17 heavy (non-hydrogen) atoms. The number of rotatable bonds is 3. The van der Waals surface area contributed by atoms with Crippen molar-refractivity contribution in [2.24, 2.45) is 0 Å². The molecule has 5 heteroatoms. The molecule has 88 valence electrons. The minimum absolute atomic E-state index is 0.00976. The predicted octanol–water partition coefficient (Wildman–Crippen LogP) is 3.63. The first-order valence-electron chi connectivity index (χ1n) is 4.88. The summed E-state index contributed by atoms with van der Waals surface area (Å²) in [5.74, 6) is -0.351. The van der Waals surface area contributed by atoms with E-state index in [9.17, 15) is 4.39 Å². The van der Waals surface area contributed by atoms with E-state index in [1.165, 1.54) is 17.8 Å². The summed E-state index contributed by atoms with van der Waals surface area (Å²) in [5, 5.41) is 9.25. The highest BCUT2D eigenvalue weighted by molar-refractivity contribution is 9.10. The average molecular weight is 314 g/mol. The highest BCUT2D eigenvalue weighted by atomic mass is 79.9. The van der Waals surface area contributed by atoms with Gasteiger partial charge in [-0.05, 0) is 39.7 Å². The van der Waals surface area contributed by atoms with E-state index in [0.29, 0.717) is 9.50 Å². The van der Waals surface area contributed by atoms with Crippen molar-refractivity contribution in [3.05, 3.63) is 52.4 Å². The van der Waals surface area contributed by atoms with Gasteiger partial charge in [0.2, 0.25) is 0 Å². The van der Waals surface area contributed by atoms with Crippen molar-refractivity contribution in [2.75, 3.05) is 0 Å². The van der Waals surface area contributed by atoms with E-state index in [0.717, 1.165) is 10.5 Å². The lowest BCUT2D eigenvalue weighted by Crippen LogP contribution is -1.87. The monoisotopic (exact) mass is 313 g/mol. The zero-order valence-electron chi connectivity index (χ0n) is 8.73. The molecule has 1 heterocycles. The maximum atomic E-state index is 13.5. The summed E-state index contributed by atoms with van der Waals surface area (Å²) in [6.07, 6.45) is 1.56. The predicted molar refractivity (Wildman–Crippen MR) is 68.4 cm³/mol. The lowest BCUT2D eigenvalue weighted by atomic mass is 10.2. The maximum absolute atomic E-state index is 13.5. The Labute approximate surface area is 111 Å². The summed E-state index contributed by atoms with van der Waals surface area (Å²) in [5.41, 5.74) is 0.832. The van der Waals surface area contributed by atoms with E-state index >= 15 is 0 Å². The summed E-state index contributed by atoms with van der Waals surface area (Å²) < 4.78 is 14.1. The van der Waals surface area contributed by atoms with Crippen LogP contribution in [0.25, 0.3) is 0 Å². The number of hydrogen-bond donors (Lipinski definition) is 1. The van der Waals surface area contributed by atoms with E-state index < -0.39 is 0 Å². The summed E-state index contributed by atoms with van der Waals surface area (Å²) in [4.78, 5) is 4.89. The Kier molecular flexibility index (Phi) is 4.15. The minimum atomic E-state index is -0.351. The number of pyridine rings is 1. The van der Waals surface area contributed by atoms with Gasteiger partial charge in [0.05, 0.1) is 6.61 Å². The van der Waals surface area contributed by atoms with Gasteiger partial charge < -0.3 is 5.11 Å². The zero-order chi connectivity index (χ0) is 12.3. The molecule has 2 rings (SSSR count). The van der Waals surface area contributed by atoms with Crippen LogP contribution < -0.4 is 0 Å². The molecule has 0 saturated carbocycles. The van der Waals surface area contributed by atoms with Gasteiger partial charge in [-0.25, -0.2) is 9.37 Å². The summed E-state index contributed by atoms with van der Waals surface area (Å²) in [6, 6.07) is 8.66. The highest BCUT2D eigenvalue weighted by Gasteiger charge is 2.06. The Morgan fingerprint density at radius 3 is 2.59 bits per heavy atom. The Morgan fingerprint density at radius 2 is 2.00 bits per heavy atom. The van der Waals surface area contributed by atoms with Gasteiger partial charge in [0.15, 0.2) is 5.82 Å². The molecular weight excluding hydrogens is 305 g/mol. The van der Waals surface area contributed by atoms with E-state index in [1.807, 2.05) is 12.1 Å². The second-order valence-corrected chi connectivity index (χ2v) is 5.32. The fourth-order valence-electron chi connectivity index (χ4n) is 1.25. The number of benzene rings is 1. The molecule has 0 amide bonds. The first-order chi connectivity index (χ1) is 8.19. The molecule has 1 N–H and O–H groups in total. The molecule has 0 saturated heterocycles. The first kappa shape index (κ1) is 12.5. The van der Waals surface area contributed by atoms with Crippen LogP contribution in [0.2, 0.25) is 0 Å². The van der Waals surface area contributed by atoms with Crippen molar-refractivity contribution in [1.82, 2.24) is 4.98 Å². The number of hydrogen-bond acceptors (Lipinski definition) is 3. The summed E-state index contributed by atoms with van der Waals surface area (Å²) >= 11 is 4.41. The zero-order valence-corrected chi connectivity index (χ0v) is 11.1. The normalized spacial score (nSPS) is 10.5. The molecule has 2 nitrogen and oxygen atoms in total. The van der Waals surface area contributed by atoms with Crippen molar-refractivity contribution < 1.29 is 9.50 Å². The van der Waals surface area contributed by atoms with Gasteiger partial charge in [0.25, 0.3) is 0 Å². The van der Waals surface area contributed by atoms with Crippen molar-refractivity contribution in [1.29, 1.82) is 0 Å². The Hall–Kier alpha value is -0.910. The molecule has 0 atom stereocenters. The molecular formula is C12H9BrFNOS. The number of aromatic nitrogens is 1. The molecule has 0 radical (unpaired) electrons. The van der Waals surface area contributed by atoms with E-state index in [1.54, 1.807) is 18.3 Å². The minimum Gasteiger partial charge on any atom is -0.392 e. The van der Waals surface area contributed by atoms with Crippen molar-refractivity contribution in [2.45, 2.75) is 16.5 Å². The highest BCUT2D eigenvalue weighted by Crippen LogP contribution is 2.29. The van der Waals surface area contributed by atoms with E-state index in [-0.39, 0.29) is 12.4 Å². The third kappa shape index (κ3) is 3.28. The van der Waals surface area contributed by atoms with Gasteiger partial charge in [-0.3, -0.25) is 0 Å². The summed E-state index contributed by atoms with van der Waals surface area (Å²) in [7, 11) is 0. The molecule has 0 fully saturated rings. The quantitative estimate of drug-likeness (QED) is 0.939. The van der Waals surface area contributed by atoms with Gasteiger partial charge in [-0.15, -0.1) is 0 Å². The SMILES string of the molecule is OCc1ccc(Sc2ncc(Br)cc2F)cc1. The summed E-state index contributed by atoms with van der Waals surface area (Å²) in [6.45, 7) is 0.00976. The standard InChI is InChI=1S/C12H9BrFNOS/c13-9-5-11(14)12(15-6-9)17-10-3-1-8(7-16)2-4-10/h1-6,16H,7H2. The Bertz CT molecular complexity index is 518. The van der Waals surface area contributed by atoms with Crippen molar-refractivity contribution in [3.63, 3.8) is 0 Å². The van der Waals surface area contributed by atoms with Gasteiger partial charge >= 0.3 is 0 Å². The molecule has 1 aromatic heterocycles. The maximum Gasteiger partial charge on any atom is 0.156 e. The second-order valence-electron chi connectivity index (χ2n) is 3.34. The van der Waals surface area contributed by atoms with Crippen LogP contribution in [0.4, 0.5) is 4.39 Å². The van der Waals surface area contributed by atoms with Crippen LogP contribution in [0.5, 0.6) is 0 Å². The number of aliphatic hydroxyl groups is 1. The fraction of sp³-hybridized carbons (Fsp3) is 0.0833. The largest absolute Gasteiger partial charge is 0.392 e. The van der Waals surface area contributed by atoms with Gasteiger partial charge in [0, 0.05) is 15.6 Å². The molecule has 0 aliphatic rings. The van der Waals surface area contributed by atoms with Crippen LogP contribution >= 0.6 is 27.7 Å². The third-order valence-corrected chi connectivity index (χ3v) is 3.53. The fourth-order valence-corrected chi connectivity index (χ4v) is 2.31. The van der Waals surface area contributed by atoms with Crippen molar-refractivity contribution >= 4 is 27.7 Å². The number of aliphatic hydroxyl groups excluding tert-OH is 1. The van der Waals surface area contributed by atoms with E-state index in [2.05, 4.69) is 20.9 Å². The van der Waals surface area contributed by atoms with Crippen LogP contribution in [0.1, 0.15) is 5.56 Å². The Morgan fingerprint density at radius 1 is 1.29 bits per heavy atom. The lowest BCUT2D eigenvalue weighted by molar-refractivity contribution is 0.282. The molecule has 0 unspecified atom stereocenters. The number of halogens is 2. The molecule has 2 aromatic rings. The van der Waals surface area contributed by atoms with Crippen LogP contribution in [0, 0.1) is 5.82 Å². The van der Waals surface area contributed by atoms with E-state index in [4.69, 9.17) is 5.11 Å². The van der Waals surface area contributed by atoms with Crippen molar-refractivity contribution in [3.8, 4) is 0 Å². The topological polar surface area (TPSA) is 33.1 Å². The molecule has 0 aliphatic carbocycles. The molecule has 0 bridgehead atoms. The number of nitrogens with zero attached hydrogens (tertiary/aromatic N) is 1. The molecule has 0 aliphatic heterocycles.